The second-order valence-electron chi connectivity index (χ2n) is 6.69. The number of fused-ring (bicyclic) bond motifs is 1. The minimum absolute atomic E-state index is 0.110. The Hall–Kier alpha value is -3.75. The minimum Gasteiger partial charge on any atom is -0.497 e. The summed E-state index contributed by atoms with van der Waals surface area (Å²) in [6, 6.07) is 12.9. The number of methoxy groups -OCH3 is 1. The zero-order valence-corrected chi connectivity index (χ0v) is 16.5. The molecule has 0 fully saturated rings. The second-order valence-corrected chi connectivity index (χ2v) is 6.69. The van der Waals surface area contributed by atoms with E-state index in [4.69, 9.17) is 4.74 Å². The molecule has 0 bridgehead atoms. The number of carbonyl (C=O) groups is 1. The van der Waals surface area contributed by atoms with Crippen molar-refractivity contribution < 1.29 is 9.53 Å². The van der Waals surface area contributed by atoms with E-state index >= 15 is 0 Å². The van der Waals surface area contributed by atoms with Crippen LogP contribution < -0.4 is 10.1 Å². The maximum absolute atomic E-state index is 12.3. The fourth-order valence-corrected chi connectivity index (χ4v) is 3.08. The molecular formula is C20H21N7O2. The summed E-state index contributed by atoms with van der Waals surface area (Å²) in [5.74, 6) is 1.92. The summed E-state index contributed by atoms with van der Waals surface area (Å²) in [6.07, 6.45) is 0.676. The largest absolute Gasteiger partial charge is 0.497 e. The monoisotopic (exact) mass is 391 g/mol. The molecule has 4 aromatic rings. The predicted octanol–water partition coefficient (Wildman–Crippen LogP) is 2.51. The first-order valence-corrected chi connectivity index (χ1v) is 9.22. The SMILES string of the molecule is COc1ccc(NC(=O)CCc2nnc3ccc(-n4nc(C)cc4C)nn23)cc1. The summed E-state index contributed by atoms with van der Waals surface area (Å²) >= 11 is 0. The Kier molecular flexibility index (Phi) is 4.94. The Balaban J connectivity index is 1.48. The number of aromatic nitrogens is 6. The summed E-state index contributed by atoms with van der Waals surface area (Å²) in [4.78, 5) is 12.3. The van der Waals surface area contributed by atoms with Crippen LogP contribution in [-0.2, 0) is 11.2 Å². The van der Waals surface area contributed by atoms with Gasteiger partial charge in [0.2, 0.25) is 5.91 Å². The molecule has 0 aliphatic rings. The van der Waals surface area contributed by atoms with Crippen LogP contribution in [0.5, 0.6) is 5.75 Å². The summed E-state index contributed by atoms with van der Waals surface area (Å²) in [6.45, 7) is 3.91. The van der Waals surface area contributed by atoms with Crippen LogP contribution in [0.25, 0.3) is 11.5 Å². The number of benzene rings is 1. The van der Waals surface area contributed by atoms with Gasteiger partial charge in [-0.15, -0.1) is 15.3 Å². The fraction of sp³-hybridized carbons (Fsp3) is 0.250. The highest BCUT2D eigenvalue weighted by Crippen LogP contribution is 2.16. The Morgan fingerprint density at radius 1 is 1.07 bits per heavy atom. The van der Waals surface area contributed by atoms with Crippen LogP contribution in [0.15, 0.2) is 42.5 Å². The standard InChI is InChI=1S/C20H21N7O2/c1-13-12-14(2)26(24-13)19-9-8-17-22-23-18(27(17)25-19)10-11-20(28)21-15-4-6-16(29-3)7-5-15/h4-9,12H,10-11H2,1-3H3,(H,21,28). The Morgan fingerprint density at radius 2 is 1.86 bits per heavy atom. The highest BCUT2D eigenvalue weighted by molar-refractivity contribution is 5.90. The molecule has 0 radical (unpaired) electrons. The quantitative estimate of drug-likeness (QED) is 0.542. The fourth-order valence-electron chi connectivity index (χ4n) is 3.08. The van der Waals surface area contributed by atoms with Gasteiger partial charge in [-0.25, -0.2) is 4.68 Å². The number of rotatable bonds is 6. The van der Waals surface area contributed by atoms with Crippen LogP contribution >= 0.6 is 0 Å². The molecule has 1 aromatic carbocycles. The third-order valence-electron chi connectivity index (χ3n) is 4.49. The number of nitrogens with one attached hydrogen (secondary N) is 1. The molecule has 0 aliphatic heterocycles. The van der Waals surface area contributed by atoms with E-state index in [0.717, 1.165) is 17.1 Å². The summed E-state index contributed by atoms with van der Waals surface area (Å²) in [5, 5.41) is 20.3. The first-order chi connectivity index (χ1) is 14.0. The van der Waals surface area contributed by atoms with Crippen molar-refractivity contribution in [1.82, 2.24) is 29.6 Å². The zero-order valence-electron chi connectivity index (χ0n) is 16.5. The molecule has 1 N–H and O–H groups in total. The molecule has 148 valence electrons. The number of carbonyl (C=O) groups excluding carboxylic acids is 1. The maximum Gasteiger partial charge on any atom is 0.224 e. The van der Waals surface area contributed by atoms with Gasteiger partial charge in [-0.05, 0) is 56.3 Å². The Morgan fingerprint density at radius 3 is 2.55 bits per heavy atom. The lowest BCUT2D eigenvalue weighted by molar-refractivity contribution is -0.116. The van der Waals surface area contributed by atoms with Gasteiger partial charge in [-0.3, -0.25) is 4.79 Å². The summed E-state index contributed by atoms with van der Waals surface area (Å²) in [5.41, 5.74) is 3.25. The number of aryl methyl sites for hydroxylation is 3. The molecule has 9 nitrogen and oxygen atoms in total. The van der Waals surface area contributed by atoms with Crippen molar-refractivity contribution in [2.45, 2.75) is 26.7 Å². The molecule has 9 heteroatoms. The van der Waals surface area contributed by atoms with Crippen molar-refractivity contribution >= 4 is 17.2 Å². The molecule has 0 aliphatic carbocycles. The number of ether oxygens (including phenoxy) is 1. The van der Waals surface area contributed by atoms with Crippen molar-refractivity contribution in [2.24, 2.45) is 0 Å². The number of hydrogen-bond donors (Lipinski definition) is 1. The smallest absolute Gasteiger partial charge is 0.224 e. The number of nitrogens with zero attached hydrogens (tertiary/aromatic N) is 6. The van der Waals surface area contributed by atoms with Gasteiger partial charge in [-0.1, -0.05) is 0 Å². The van der Waals surface area contributed by atoms with E-state index in [1.165, 1.54) is 0 Å². The van der Waals surface area contributed by atoms with Crippen molar-refractivity contribution in [1.29, 1.82) is 0 Å². The molecule has 0 unspecified atom stereocenters. The first-order valence-electron chi connectivity index (χ1n) is 9.22. The van der Waals surface area contributed by atoms with Crippen LogP contribution in [-0.4, -0.2) is 42.6 Å². The van der Waals surface area contributed by atoms with E-state index < -0.39 is 0 Å². The molecule has 3 heterocycles. The lowest BCUT2D eigenvalue weighted by Gasteiger charge is -2.06. The molecule has 4 rings (SSSR count). The molecule has 29 heavy (non-hydrogen) atoms. The van der Waals surface area contributed by atoms with Crippen LogP contribution in [0.3, 0.4) is 0 Å². The van der Waals surface area contributed by atoms with E-state index in [1.807, 2.05) is 32.0 Å². The number of amides is 1. The first kappa shape index (κ1) is 18.6. The minimum atomic E-state index is -0.110. The van der Waals surface area contributed by atoms with E-state index in [-0.39, 0.29) is 12.3 Å². The van der Waals surface area contributed by atoms with Gasteiger partial charge in [-0.2, -0.15) is 9.61 Å². The average Bonchev–Trinajstić information content (AvgIpc) is 3.28. The lowest BCUT2D eigenvalue weighted by Crippen LogP contribution is -2.14. The number of hydrogen-bond acceptors (Lipinski definition) is 6. The molecular weight excluding hydrogens is 370 g/mol. The van der Waals surface area contributed by atoms with Crippen LogP contribution in [0, 0.1) is 13.8 Å². The molecule has 0 atom stereocenters. The number of anilines is 1. The van der Waals surface area contributed by atoms with E-state index in [9.17, 15) is 4.79 Å². The van der Waals surface area contributed by atoms with Gasteiger partial charge >= 0.3 is 0 Å². The third-order valence-corrected chi connectivity index (χ3v) is 4.49. The van der Waals surface area contributed by atoms with Gasteiger partial charge in [0.05, 0.1) is 12.8 Å². The van der Waals surface area contributed by atoms with Crippen molar-refractivity contribution in [2.75, 3.05) is 12.4 Å². The van der Waals surface area contributed by atoms with Crippen LogP contribution in [0.4, 0.5) is 5.69 Å². The van der Waals surface area contributed by atoms with Gasteiger partial charge in [0.15, 0.2) is 17.3 Å². The van der Waals surface area contributed by atoms with Gasteiger partial charge in [0, 0.05) is 24.2 Å². The van der Waals surface area contributed by atoms with Gasteiger partial charge < -0.3 is 10.1 Å². The highest BCUT2D eigenvalue weighted by Gasteiger charge is 2.12. The molecule has 0 spiro atoms. The van der Waals surface area contributed by atoms with E-state index in [0.29, 0.717) is 29.4 Å². The molecule has 3 aromatic heterocycles. The van der Waals surface area contributed by atoms with Crippen molar-refractivity contribution in [3.05, 3.63) is 59.7 Å². The highest BCUT2D eigenvalue weighted by atomic mass is 16.5. The second kappa shape index (κ2) is 7.70. The third kappa shape index (κ3) is 3.93. The summed E-state index contributed by atoms with van der Waals surface area (Å²) in [7, 11) is 1.60. The maximum atomic E-state index is 12.3. The van der Waals surface area contributed by atoms with E-state index in [2.05, 4.69) is 25.7 Å². The lowest BCUT2D eigenvalue weighted by atomic mass is 10.2. The van der Waals surface area contributed by atoms with E-state index in [1.54, 1.807) is 40.6 Å². The normalized spacial score (nSPS) is 11.0. The van der Waals surface area contributed by atoms with Crippen LogP contribution in [0.2, 0.25) is 0 Å². The topological polar surface area (TPSA) is 99.2 Å². The van der Waals surface area contributed by atoms with Gasteiger partial charge in [0.25, 0.3) is 0 Å². The van der Waals surface area contributed by atoms with Gasteiger partial charge in [0.1, 0.15) is 5.75 Å². The zero-order chi connectivity index (χ0) is 20.4. The van der Waals surface area contributed by atoms with Crippen molar-refractivity contribution in [3.8, 4) is 11.6 Å². The van der Waals surface area contributed by atoms with Crippen LogP contribution in [0.1, 0.15) is 23.6 Å². The molecule has 1 amide bonds. The Labute approximate surface area is 167 Å². The summed E-state index contributed by atoms with van der Waals surface area (Å²) < 4.78 is 8.55. The average molecular weight is 391 g/mol. The molecule has 0 saturated heterocycles. The van der Waals surface area contributed by atoms with Crippen molar-refractivity contribution in [3.63, 3.8) is 0 Å². The predicted molar refractivity (Wildman–Crippen MR) is 107 cm³/mol. The molecule has 0 saturated carbocycles. The Bertz CT molecular complexity index is 1160.